The maximum Gasteiger partial charge on any atom is 0.323 e. The number of benzene rings is 1. The molecule has 0 aliphatic heterocycles. The van der Waals surface area contributed by atoms with Gasteiger partial charge >= 0.3 is 5.97 Å². The van der Waals surface area contributed by atoms with Crippen molar-refractivity contribution >= 4 is 5.97 Å². The second-order valence-corrected chi connectivity index (χ2v) is 5.17. The van der Waals surface area contributed by atoms with Gasteiger partial charge in [-0.05, 0) is 37.8 Å². The molecule has 0 aromatic heterocycles. The maximum absolute atomic E-state index is 10.9. The third kappa shape index (κ3) is 3.51. The van der Waals surface area contributed by atoms with Crippen molar-refractivity contribution in [2.45, 2.75) is 32.2 Å². The van der Waals surface area contributed by atoms with Gasteiger partial charge in [0.2, 0.25) is 0 Å². The topological polar surface area (TPSA) is 124 Å². The SMILES string of the molecule is CC(Cc1c(O)ccc(O)c1O)CC(C)(N)C(=O)O. The minimum absolute atomic E-state index is 0.142. The van der Waals surface area contributed by atoms with E-state index in [0.717, 1.165) is 0 Å². The molecule has 0 radical (unpaired) electrons. The number of phenolic OH excluding ortho intramolecular Hbond substituents is 3. The van der Waals surface area contributed by atoms with Crippen LogP contribution in [-0.2, 0) is 11.2 Å². The van der Waals surface area contributed by atoms with Crippen molar-refractivity contribution in [3.63, 3.8) is 0 Å². The first kappa shape index (κ1) is 15.1. The van der Waals surface area contributed by atoms with Crippen LogP contribution in [0.3, 0.4) is 0 Å². The summed E-state index contributed by atoms with van der Waals surface area (Å²) in [7, 11) is 0. The second-order valence-electron chi connectivity index (χ2n) is 5.17. The first-order chi connectivity index (χ1) is 8.65. The predicted molar refractivity (Wildman–Crippen MR) is 69.1 cm³/mol. The molecule has 6 heteroatoms. The van der Waals surface area contributed by atoms with Crippen molar-refractivity contribution in [1.29, 1.82) is 0 Å². The zero-order chi connectivity index (χ0) is 14.8. The second kappa shape index (κ2) is 5.36. The van der Waals surface area contributed by atoms with Gasteiger partial charge in [0, 0.05) is 5.56 Å². The van der Waals surface area contributed by atoms with E-state index in [1.165, 1.54) is 19.1 Å². The van der Waals surface area contributed by atoms with Crippen molar-refractivity contribution in [3.8, 4) is 17.2 Å². The van der Waals surface area contributed by atoms with E-state index in [2.05, 4.69) is 0 Å². The Morgan fingerprint density at radius 2 is 1.84 bits per heavy atom. The van der Waals surface area contributed by atoms with Gasteiger partial charge in [-0.25, -0.2) is 0 Å². The summed E-state index contributed by atoms with van der Waals surface area (Å²) < 4.78 is 0. The molecule has 6 N–H and O–H groups in total. The smallest absolute Gasteiger partial charge is 0.323 e. The molecule has 0 aliphatic rings. The van der Waals surface area contributed by atoms with E-state index in [4.69, 9.17) is 10.8 Å². The van der Waals surface area contributed by atoms with Crippen LogP contribution in [0.15, 0.2) is 12.1 Å². The van der Waals surface area contributed by atoms with E-state index >= 15 is 0 Å². The van der Waals surface area contributed by atoms with E-state index in [1.54, 1.807) is 6.92 Å². The molecule has 0 bridgehead atoms. The Labute approximate surface area is 111 Å². The Morgan fingerprint density at radius 1 is 1.32 bits per heavy atom. The molecular formula is C13H19NO5. The zero-order valence-electron chi connectivity index (χ0n) is 10.9. The molecule has 0 fully saturated rings. The molecule has 106 valence electrons. The molecule has 0 amide bonds. The molecule has 0 spiro atoms. The Morgan fingerprint density at radius 3 is 2.37 bits per heavy atom. The van der Waals surface area contributed by atoms with Gasteiger partial charge in [0.25, 0.3) is 0 Å². The predicted octanol–water partition coefficient (Wildman–Crippen LogP) is 1.17. The summed E-state index contributed by atoms with van der Waals surface area (Å²) in [5.41, 5.74) is 4.46. The summed E-state index contributed by atoms with van der Waals surface area (Å²) in [6, 6.07) is 2.46. The lowest BCUT2D eigenvalue weighted by atomic mass is 9.86. The third-order valence-corrected chi connectivity index (χ3v) is 3.05. The molecule has 1 aromatic rings. The fraction of sp³-hybridized carbons (Fsp3) is 0.462. The normalized spacial score (nSPS) is 15.7. The first-order valence-corrected chi connectivity index (χ1v) is 5.90. The Hall–Kier alpha value is -1.95. The fourth-order valence-electron chi connectivity index (χ4n) is 2.05. The Balaban J connectivity index is 2.86. The summed E-state index contributed by atoms with van der Waals surface area (Å²) in [4.78, 5) is 10.9. The number of rotatable bonds is 5. The average Bonchev–Trinajstić information content (AvgIpc) is 2.29. The molecule has 6 nitrogen and oxygen atoms in total. The highest BCUT2D eigenvalue weighted by Gasteiger charge is 2.30. The number of hydrogen-bond donors (Lipinski definition) is 5. The van der Waals surface area contributed by atoms with Crippen molar-refractivity contribution in [3.05, 3.63) is 17.7 Å². The number of nitrogens with two attached hydrogens (primary N) is 1. The summed E-state index contributed by atoms with van der Waals surface area (Å²) in [6.07, 6.45) is 0.392. The van der Waals surface area contributed by atoms with Gasteiger partial charge in [0.1, 0.15) is 11.3 Å². The van der Waals surface area contributed by atoms with Gasteiger partial charge in [-0.2, -0.15) is 0 Å². The summed E-state index contributed by atoms with van der Waals surface area (Å²) in [5, 5.41) is 37.7. The Bertz CT molecular complexity index is 484. The van der Waals surface area contributed by atoms with Crippen LogP contribution in [0.1, 0.15) is 25.8 Å². The van der Waals surface area contributed by atoms with E-state index in [-0.39, 0.29) is 41.6 Å². The Kier molecular flexibility index (Phi) is 4.26. The van der Waals surface area contributed by atoms with E-state index in [0.29, 0.717) is 0 Å². The van der Waals surface area contributed by atoms with Gasteiger partial charge in [0.15, 0.2) is 11.5 Å². The number of carboxylic acids is 1. The van der Waals surface area contributed by atoms with E-state index in [9.17, 15) is 20.1 Å². The maximum atomic E-state index is 10.9. The van der Waals surface area contributed by atoms with Crippen LogP contribution < -0.4 is 5.73 Å². The number of phenols is 3. The highest BCUT2D eigenvalue weighted by Crippen LogP contribution is 2.37. The largest absolute Gasteiger partial charge is 0.508 e. The molecule has 1 rings (SSSR count). The van der Waals surface area contributed by atoms with Crippen molar-refractivity contribution in [2.75, 3.05) is 0 Å². The number of carbonyl (C=O) groups is 1. The number of hydrogen-bond acceptors (Lipinski definition) is 5. The van der Waals surface area contributed by atoms with Gasteiger partial charge in [-0.1, -0.05) is 6.92 Å². The first-order valence-electron chi connectivity index (χ1n) is 5.90. The third-order valence-electron chi connectivity index (χ3n) is 3.05. The van der Waals surface area contributed by atoms with Crippen molar-refractivity contribution < 1.29 is 25.2 Å². The minimum Gasteiger partial charge on any atom is -0.508 e. The summed E-state index contributed by atoms with van der Waals surface area (Å²) in [6.45, 7) is 3.17. The van der Waals surface area contributed by atoms with Crippen LogP contribution >= 0.6 is 0 Å². The molecule has 2 unspecified atom stereocenters. The van der Waals surface area contributed by atoms with Crippen LogP contribution in [0.5, 0.6) is 17.2 Å². The number of carboxylic acid groups (broad SMARTS) is 1. The van der Waals surface area contributed by atoms with Crippen molar-refractivity contribution in [1.82, 2.24) is 0 Å². The molecule has 1 aromatic carbocycles. The van der Waals surface area contributed by atoms with Gasteiger partial charge in [-0.3, -0.25) is 4.79 Å². The standard InChI is InChI=1S/C13H19NO5/c1-7(6-13(2,14)12(18)19)5-8-9(15)3-4-10(16)11(8)17/h3-4,7,15-17H,5-6,14H2,1-2H3,(H,18,19). The highest BCUT2D eigenvalue weighted by molar-refractivity contribution is 5.77. The van der Waals surface area contributed by atoms with Crippen LogP contribution in [-0.4, -0.2) is 31.9 Å². The monoisotopic (exact) mass is 269 g/mol. The molecule has 0 aliphatic carbocycles. The van der Waals surface area contributed by atoms with Crippen molar-refractivity contribution in [2.24, 2.45) is 11.7 Å². The molecular weight excluding hydrogens is 250 g/mol. The van der Waals surface area contributed by atoms with Gasteiger partial charge in [-0.15, -0.1) is 0 Å². The number of aromatic hydroxyl groups is 3. The average molecular weight is 269 g/mol. The van der Waals surface area contributed by atoms with Crippen LogP contribution in [0.25, 0.3) is 0 Å². The molecule has 0 saturated heterocycles. The lowest BCUT2D eigenvalue weighted by Gasteiger charge is -2.24. The zero-order valence-corrected chi connectivity index (χ0v) is 10.9. The van der Waals surface area contributed by atoms with E-state index < -0.39 is 11.5 Å². The van der Waals surface area contributed by atoms with Gasteiger partial charge in [0.05, 0.1) is 0 Å². The van der Waals surface area contributed by atoms with E-state index in [1.807, 2.05) is 0 Å². The van der Waals surface area contributed by atoms with Gasteiger partial charge < -0.3 is 26.2 Å². The summed E-state index contributed by atoms with van der Waals surface area (Å²) >= 11 is 0. The fourth-order valence-corrected chi connectivity index (χ4v) is 2.05. The molecule has 19 heavy (non-hydrogen) atoms. The minimum atomic E-state index is -1.37. The highest BCUT2D eigenvalue weighted by atomic mass is 16.4. The summed E-state index contributed by atoms with van der Waals surface area (Å²) in [5.74, 6) is -2.15. The number of aliphatic carboxylic acids is 1. The lowest BCUT2D eigenvalue weighted by molar-refractivity contribution is -0.143. The molecule has 0 saturated carbocycles. The van der Waals surface area contributed by atoms with Crippen LogP contribution in [0.2, 0.25) is 0 Å². The lowest BCUT2D eigenvalue weighted by Crippen LogP contribution is -2.46. The van der Waals surface area contributed by atoms with Crippen LogP contribution in [0, 0.1) is 5.92 Å². The molecule has 2 atom stereocenters. The quantitative estimate of drug-likeness (QED) is 0.404. The van der Waals surface area contributed by atoms with Crippen LogP contribution in [0.4, 0.5) is 0 Å². The molecule has 0 heterocycles.